The van der Waals surface area contributed by atoms with Gasteiger partial charge in [-0.2, -0.15) is 4.73 Å². The fourth-order valence-corrected chi connectivity index (χ4v) is 4.37. The number of hydrogen-bond donors (Lipinski definition) is 0. The topological polar surface area (TPSA) is 44.9 Å². The number of halogens is 1. The minimum absolute atomic E-state index is 0.287. The van der Waals surface area contributed by atoms with E-state index in [9.17, 15) is 4.39 Å². The number of aromatic nitrogens is 4. The van der Waals surface area contributed by atoms with Crippen molar-refractivity contribution in [1.29, 1.82) is 0 Å². The van der Waals surface area contributed by atoms with E-state index in [1.54, 1.807) is 23.1 Å². The van der Waals surface area contributed by atoms with Crippen molar-refractivity contribution in [1.82, 2.24) is 19.3 Å². The van der Waals surface area contributed by atoms with E-state index in [1.807, 2.05) is 65.6 Å². The first kappa shape index (κ1) is 21.8. The second-order valence-electron chi connectivity index (χ2n) is 8.59. The van der Waals surface area contributed by atoms with Crippen molar-refractivity contribution in [2.24, 2.45) is 0 Å². The highest BCUT2D eigenvalue weighted by Crippen LogP contribution is 2.27. The van der Waals surface area contributed by atoms with Crippen LogP contribution < -0.4 is 4.84 Å². The second kappa shape index (κ2) is 9.50. The number of fused-ring (bicyclic) bond motifs is 1. The lowest BCUT2D eigenvalue weighted by Crippen LogP contribution is -2.12. The summed E-state index contributed by atoms with van der Waals surface area (Å²) >= 11 is 0. The van der Waals surface area contributed by atoms with E-state index in [0.717, 1.165) is 39.8 Å². The van der Waals surface area contributed by atoms with Crippen LogP contribution in [0.2, 0.25) is 0 Å². The maximum Gasteiger partial charge on any atom is 0.176 e. The Balaban J connectivity index is 1.40. The first-order valence-electron chi connectivity index (χ1n) is 11.8. The van der Waals surface area contributed by atoms with Gasteiger partial charge in [-0.1, -0.05) is 54.6 Å². The molecule has 0 amide bonds. The lowest BCUT2D eigenvalue weighted by Gasteiger charge is -2.13. The maximum atomic E-state index is 13.6. The third-order valence-electron chi connectivity index (χ3n) is 6.15. The highest BCUT2D eigenvalue weighted by atomic mass is 19.1. The molecule has 5 nitrogen and oxygen atoms in total. The molecule has 0 bridgehead atoms. The molecule has 176 valence electrons. The fourth-order valence-electron chi connectivity index (χ4n) is 4.37. The Bertz CT molecular complexity index is 1610. The first-order valence-corrected chi connectivity index (χ1v) is 11.8. The van der Waals surface area contributed by atoms with E-state index in [1.165, 1.54) is 17.7 Å². The molecule has 0 unspecified atom stereocenters. The molecule has 0 N–H and O–H groups in total. The Kier molecular flexibility index (Phi) is 5.75. The zero-order valence-electron chi connectivity index (χ0n) is 19.5. The van der Waals surface area contributed by atoms with Crippen LogP contribution in [0.25, 0.3) is 28.1 Å². The van der Waals surface area contributed by atoms with Crippen molar-refractivity contribution in [3.63, 3.8) is 0 Å². The van der Waals surface area contributed by atoms with Gasteiger partial charge in [0.05, 0.1) is 11.8 Å². The second-order valence-corrected chi connectivity index (χ2v) is 8.59. The van der Waals surface area contributed by atoms with Gasteiger partial charge in [0, 0.05) is 23.6 Å². The van der Waals surface area contributed by atoms with Crippen LogP contribution in [-0.4, -0.2) is 19.3 Å². The molecule has 36 heavy (non-hydrogen) atoms. The Labute approximate surface area is 208 Å². The largest absolute Gasteiger partial charge is 0.407 e. The standard InChI is InChI=1S/C30H23FN4O/c31-26-13-11-24(12-14-26)30-33-27-15-10-23(18-25-8-4-5-9-28(25)34-17-16-32-21-34)19-29(27)35(30)36-20-22-6-2-1-3-7-22/h1-17,19,21H,18,20H2. The summed E-state index contributed by atoms with van der Waals surface area (Å²) in [6, 6.07) is 30.9. The summed E-state index contributed by atoms with van der Waals surface area (Å²) in [6.45, 7) is 0.383. The molecule has 0 aliphatic heterocycles. The number of benzene rings is 4. The van der Waals surface area contributed by atoms with Crippen molar-refractivity contribution < 1.29 is 9.23 Å². The van der Waals surface area contributed by atoms with Gasteiger partial charge < -0.3 is 9.40 Å². The molecule has 0 saturated heterocycles. The average Bonchev–Trinajstić information content (AvgIpc) is 3.57. The quantitative estimate of drug-likeness (QED) is 0.275. The van der Waals surface area contributed by atoms with Gasteiger partial charge in [0.2, 0.25) is 0 Å². The first-order chi connectivity index (χ1) is 17.7. The molecule has 0 spiro atoms. The van der Waals surface area contributed by atoms with Crippen LogP contribution in [0, 0.1) is 5.82 Å². The molecule has 0 fully saturated rings. The minimum atomic E-state index is -0.287. The molecule has 6 aromatic rings. The summed E-state index contributed by atoms with van der Waals surface area (Å²) < 4.78 is 17.4. The summed E-state index contributed by atoms with van der Waals surface area (Å²) in [5, 5.41) is 0. The zero-order valence-corrected chi connectivity index (χ0v) is 19.5. The number of hydrogen-bond acceptors (Lipinski definition) is 3. The molecule has 2 aromatic heterocycles. The average molecular weight is 475 g/mol. The van der Waals surface area contributed by atoms with Gasteiger partial charge in [0.15, 0.2) is 5.82 Å². The number of rotatable bonds is 7. The van der Waals surface area contributed by atoms with Crippen LogP contribution in [0.4, 0.5) is 4.39 Å². The van der Waals surface area contributed by atoms with Crippen molar-refractivity contribution in [3.05, 3.63) is 138 Å². The number of para-hydroxylation sites is 1. The normalized spacial score (nSPS) is 11.1. The number of nitrogens with zero attached hydrogens (tertiary/aromatic N) is 4. The monoisotopic (exact) mass is 474 g/mol. The smallest absolute Gasteiger partial charge is 0.176 e. The van der Waals surface area contributed by atoms with Crippen molar-refractivity contribution in [3.8, 4) is 17.1 Å². The molecule has 2 heterocycles. The van der Waals surface area contributed by atoms with E-state index in [-0.39, 0.29) is 5.82 Å². The van der Waals surface area contributed by atoms with Crippen molar-refractivity contribution in [2.45, 2.75) is 13.0 Å². The van der Waals surface area contributed by atoms with Crippen LogP contribution in [0.1, 0.15) is 16.7 Å². The highest BCUT2D eigenvalue weighted by molar-refractivity contribution is 5.81. The molecule has 4 aromatic carbocycles. The third kappa shape index (κ3) is 4.36. The van der Waals surface area contributed by atoms with E-state index < -0.39 is 0 Å². The highest BCUT2D eigenvalue weighted by Gasteiger charge is 2.16. The molecule has 6 rings (SSSR count). The van der Waals surface area contributed by atoms with Gasteiger partial charge in [-0.05, 0) is 65.6 Å². The van der Waals surface area contributed by atoms with Crippen LogP contribution in [0.15, 0.2) is 116 Å². The van der Waals surface area contributed by atoms with Crippen LogP contribution >= 0.6 is 0 Å². The molecular weight excluding hydrogens is 451 g/mol. The fraction of sp³-hybridized carbons (Fsp3) is 0.0667. The Morgan fingerprint density at radius 2 is 1.61 bits per heavy atom. The van der Waals surface area contributed by atoms with Gasteiger partial charge in [-0.3, -0.25) is 0 Å². The predicted molar refractivity (Wildman–Crippen MR) is 138 cm³/mol. The Morgan fingerprint density at radius 1 is 0.806 bits per heavy atom. The van der Waals surface area contributed by atoms with Crippen molar-refractivity contribution in [2.75, 3.05) is 0 Å². The van der Waals surface area contributed by atoms with Gasteiger partial charge in [0.25, 0.3) is 0 Å². The molecule has 0 atom stereocenters. The zero-order chi connectivity index (χ0) is 24.3. The van der Waals surface area contributed by atoms with E-state index >= 15 is 0 Å². The van der Waals surface area contributed by atoms with Crippen molar-refractivity contribution >= 4 is 11.0 Å². The summed E-state index contributed by atoms with van der Waals surface area (Å²) in [4.78, 5) is 15.3. The van der Waals surface area contributed by atoms with E-state index in [2.05, 4.69) is 29.2 Å². The van der Waals surface area contributed by atoms with Crippen LogP contribution in [-0.2, 0) is 13.0 Å². The van der Waals surface area contributed by atoms with Gasteiger partial charge >= 0.3 is 0 Å². The van der Waals surface area contributed by atoms with E-state index in [0.29, 0.717) is 12.4 Å². The molecule has 0 aliphatic rings. The third-order valence-corrected chi connectivity index (χ3v) is 6.15. The lowest BCUT2D eigenvalue weighted by atomic mass is 10.0. The summed E-state index contributed by atoms with van der Waals surface area (Å²) in [5.41, 5.74) is 6.92. The summed E-state index contributed by atoms with van der Waals surface area (Å²) in [6.07, 6.45) is 6.27. The Hall–Kier alpha value is -4.71. The van der Waals surface area contributed by atoms with E-state index in [4.69, 9.17) is 9.82 Å². The lowest BCUT2D eigenvalue weighted by molar-refractivity contribution is 0.110. The molecule has 0 aliphatic carbocycles. The van der Waals surface area contributed by atoms with Crippen LogP contribution in [0.3, 0.4) is 0 Å². The molecular formula is C30H23FN4O. The molecule has 0 radical (unpaired) electrons. The summed E-state index contributed by atoms with van der Waals surface area (Å²) in [7, 11) is 0. The Morgan fingerprint density at radius 3 is 2.42 bits per heavy atom. The van der Waals surface area contributed by atoms with Gasteiger partial charge in [-0.25, -0.2) is 14.4 Å². The van der Waals surface area contributed by atoms with Gasteiger partial charge in [0.1, 0.15) is 17.9 Å². The SMILES string of the molecule is Fc1ccc(-c2nc3ccc(Cc4ccccc4-n4ccnc4)cc3n2OCc2ccccc2)cc1. The van der Waals surface area contributed by atoms with Crippen LogP contribution in [0.5, 0.6) is 0 Å². The predicted octanol–water partition coefficient (Wildman–Crippen LogP) is 6.25. The molecule has 0 saturated carbocycles. The molecule has 6 heteroatoms. The summed E-state index contributed by atoms with van der Waals surface area (Å²) in [5.74, 6) is 0.349. The maximum absolute atomic E-state index is 13.6. The van der Waals surface area contributed by atoms with Gasteiger partial charge in [-0.15, -0.1) is 0 Å². The minimum Gasteiger partial charge on any atom is -0.407 e. The number of imidazole rings is 2.